The van der Waals surface area contributed by atoms with E-state index < -0.39 is 17.7 Å². The van der Waals surface area contributed by atoms with Gasteiger partial charge < -0.3 is 15.5 Å². The molecule has 152 valence electrons. The topological polar surface area (TPSA) is 57.3 Å². The van der Waals surface area contributed by atoms with E-state index in [4.69, 9.17) is 0 Å². The minimum atomic E-state index is -0.656. The standard InChI is InChI=1S/C23H20F2N4O/c24-17-5-6-18(25)19(11-17)28-23(30)29-20-12-27-13-21(29)22(20)16-3-1-14(2-4-16)15-7-9-26-10-8-15/h1-11,20-22,27H,12-13H2,(H,28,30)/t20-,21+,22?. The van der Waals surface area contributed by atoms with Crippen molar-refractivity contribution >= 4 is 11.7 Å². The van der Waals surface area contributed by atoms with E-state index >= 15 is 0 Å². The summed E-state index contributed by atoms with van der Waals surface area (Å²) >= 11 is 0. The average Bonchev–Trinajstić information content (AvgIpc) is 2.78. The number of piperidine rings is 1. The molecule has 0 saturated carbocycles. The lowest BCUT2D eigenvalue weighted by Gasteiger charge is -2.59. The van der Waals surface area contributed by atoms with Crippen molar-refractivity contribution < 1.29 is 13.6 Å². The zero-order valence-electron chi connectivity index (χ0n) is 16.1. The Morgan fingerprint density at radius 3 is 2.33 bits per heavy atom. The van der Waals surface area contributed by atoms with Crippen LogP contribution in [0, 0.1) is 11.6 Å². The highest BCUT2D eigenvalue weighted by Gasteiger charge is 2.53. The number of anilines is 1. The van der Waals surface area contributed by atoms with E-state index in [1.54, 1.807) is 17.3 Å². The number of urea groups is 1. The van der Waals surface area contributed by atoms with Crippen LogP contribution in [0.1, 0.15) is 11.5 Å². The first-order chi connectivity index (χ1) is 14.6. The van der Waals surface area contributed by atoms with Gasteiger partial charge in [0.15, 0.2) is 0 Å². The highest BCUT2D eigenvalue weighted by molar-refractivity contribution is 5.91. The first-order valence-electron chi connectivity index (χ1n) is 9.87. The summed E-state index contributed by atoms with van der Waals surface area (Å²) in [6.45, 7) is 1.32. The molecule has 3 heterocycles. The zero-order chi connectivity index (χ0) is 20.7. The summed E-state index contributed by atoms with van der Waals surface area (Å²) in [5.41, 5.74) is 3.24. The zero-order valence-corrected chi connectivity index (χ0v) is 16.1. The number of amides is 2. The maximum Gasteiger partial charge on any atom is 0.322 e. The molecule has 2 aliphatic rings. The summed E-state index contributed by atoms with van der Waals surface area (Å²) in [5.74, 6) is -1.04. The molecule has 2 fully saturated rings. The Morgan fingerprint density at radius 1 is 0.967 bits per heavy atom. The number of nitrogens with one attached hydrogen (secondary N) is 2. The number of carbonyl (C=O) groups is 1. The number of halogens is 2. The molecule has 2 aliphatic heterocycles. The van der Waals surface area contributed by atoms with Gasteiger partial charge in [0, 0.05) is 37.5 Å². The van der Waals surface area contributed by atoms with E-state index in [-0.39, 0.29) is 23.7 Å². The van der Waals surface area contributed by atoms with Gasteiger partial charge >= 0.3 is 6.03 Å². The fraction of sp³-hybridized carbons (Fsp3) is 0.217. The molecule has 3 atom stereocenters. The largest absolute Gasteiger partial charge is 0.322 e. The van der Waals surface area contributed by atoms with Gasteiger partial charge in [-0.25, -0.2) is 13.6 Å². The Labute approximate surface area is 172 Å². The van der Waals surface area contributed by atoms with E-state index in [0.29, 0.717) is 13.1 Å². The number of fused-ring (bicyclic) bond motifs is 2. The molecule has 7 heteroatoms. The number of rotatable bonds is 3. The molecule has 0 spiro atoms. The predicted molar refractivity (Wildman–Crippen MR) is 110 cm³/mol. The van der Waals surface area contributed by atoms with Crippen molar-refractivity contribution in [3.05, 3.63) is 84.2 Å². The Balaban J connectivity index is 1.33. The second kappa shape index (κ2) is 7.50. The summed E-state index contributed by atoms with van der Waals surface area (Å²) in [4.78, 5) is 18.6. The normalized spacial score (nSPS) is 22.3. The van der Waals surface area contributed by atoms with Crippen molar-refractivity contribution in [2.75, 3.05) is 18.4 Å². The van der Waals surface area contributed by atoms with Crippen LogP contribution in [-0.4, -0.2) is 41.1 Å². The molecule has 2 saturated heterocycles. The highest BCUT2D eigenvalue weighted by Crippen LogP contribution is 2.43. The van der Waals surface area contributed by atoms with Crippen LogP contribution in [-0.2, 0) is 0 Å². The van der Waals surface area contributed by atoms with Crippen LogP contribution in [0.15, 0.2) is 67.0 Å². The third kappa shape index (κ3) is 3.21. The third-order valence-corrected chi connectivity index (χ3v) is 5.96. The van der Waals surface area contributed by atoms with Gasteiger partial charge in [0.05, 0.1) is 17.8 Å². The van der Waals surface area contributed by atoms with Crippen molar-refractivity contribution in [1.82, 2.24) is 15.2 Å². The minimum Gasteiger partial charge on any atom is -0.315 e. The van der Waals surface area contributed by atoms with Gasteiger partial charge in [0.1, 0.15) is 11.6 Å². The molecule has 2 bridgehead atoms. The van der Waals surface area contributed by atoms with Gasteiger partial charge in [-0.2, -0.15) is 0 Å². The summed E-state index contributed by atoms with van der Waals surface area (Å²) in [6.07, 6.45) is 3.53. The number of piperazine rings is 1. The molecular formula is C23H20F2N4O. The van der Waals surface area contributed by atoms with Crippen LogP contribution in [0.25, 0.3) is 11.1 Å². The second-order valence-corrected chi connectivity index (χ2v) is 7.64. The van der Waals surface area contributed by atoms with Crippen LogP contribution in [0.4, 0.5) is 19.3 Å². The van der Waals surface area contributed by atoms with Gasteiger partial charge in [-0.1, -0.05) is 24.3 Å². The molecular weight excluding hydrogens is 386 g/mol. The number of benzene rings is 2. The number of aromatic nitrogens is 1. The van der Waals surface area contributed by atoms with Crippen LogP contribution >= 0.6 is 0 Å². The van der Waals surface area contributed by atoms with Crippen molar-refractivity contribution in [1.29, 1.82) is 0 Å². The molecule has 0 aliphatic carbocycles. The van der Waals surface area contributed by atoms with E-state index in [9.17, 15) is 13.6 Å². The fourth-order valence-electron chi connectivity index (χ4n) is 4.54. The van der Waals surface area contributed by atoms with Gasteiger partial charge in [0.2, 0.25) is 0 Å². The number of carbonyl (C=O) groups excluding carboxylic acids is 1. The maximum absolute atomic E-state index is 13.9. The lowest BCUT2D eigenvalue weighted by Crippen LogP contribution is -2.74. The van der Waals surface area contributed by atoms with Gasteiger partial charge in [0.25, 0.3) is 0 Å². The number of hydrogen-bond donors (Lipinski definition) is 2. The van der Waals surface area contributed by atoms with Crippen molar-refractivity contribution in [2.45, 2.75) is 18.0 Å². The van der Waals surface area contributed by atoms with Crippen LogP contribution in [0.2, 0.25) is 0 Å². The molecule has 5 rings (SSSR count). The lowest BCUT2D eigenvalue weighted by molar-refractivity contribution is 0.00199. The molecule has 2 N–H and O–H groups in total. The van der Waals surface area contributed by atoms with Crippen molar-refractivity contribution in [2.24, 2.45) is 0 Å². The average molecular weight is 406 g/mol. The number of pyridine rings is 1. The summed E-state index contributed by atoms with van der Waals surface area (Å²) < 4.78 is 27.3. The Kier molecular flexibility index (Phi) is 4.67. The fourth-order valence-corrected chi connectivity index (χ4v) is 4.54. The Morgan fingerprint density at radius 2 is 1.63 bits per heavy atom. The van der Waals surface area contributed by atoms with E-state index in [0.717, 1.165) is 29.3 Å². The third-order valence-electron chi connectivity index (χ3n) is 5.96. The van der Waals surface area contributed by atoms with Crippen LogP contribution in [0.3, 0.4) is 0 Å². The van der Waals surface area contributed by atoms with Crippen LogP contribution in [0.5, 0.6) is 0 Å². The molecule has 30 heavy (non-hydrogen) atoms. The molecule has 2 amide bonds. The Hall–Kier alpha value is -3.32. The first-order valence-corrected chi connectivity index (χ1v) is 9.87. The number of nitrogens with zero attached hydrogens (tertiary/aromatic N) is 2. The lowest BCUT2D eigenvalue weighted by atomic mass is 9.72. The predicted octanol–water partition coefficient (Wildman–Crippen LogP) is 4.00. The van der Waals surface area contributed by atoms with Gasteiger partial charge in [-0.3, -0.25) is 4.98 Å². The molecule has 1 aromatic heterocycles. The monoisotopic (exact) mass is 406 g/mol. The van der Waals surface area contributed by atoms with Crippen molar-refractivity contribution in [3.8, 4) is 11.1 Å². The minimum absolute atomic E-state index is 0.0351. The smallest absolute Gasteiger partial charge is 0.315 e. The molecule has 1 unspecified atom stereocenters. The first kappa shape index (κ1) is 18.7. The van der Waals surface area contributed by atoms with E-state index in [1.165, 1.54) is 5.56 Å². The molecule has 3 aromatic rings. The highest BCUT2D eigenvalue weighted by atomic mass is 19.1. The van der Waals surface area contributed by atoms with E-state index in [1.807, 2.05) is 12.1 Å². The summed E-state index contributed by atoms with van der Waals surface area (Å²) in [6, 6.07) is 14.9. The SMILES string of the molecule is O=C(Nc1cc(F)ccc1F)N1[C@@H]2CNC[C@H]1C2c1ccc(-c2ccncc2)cc1. The van der Waals surface area contributed by atoms with Crippen molar-refractivity contribution in [3.63, 3.8) is 0 Å². The van der Waals surface area contributed by atoms with Gasteiger partial charge in [-0.05, 0) is 41.0 Å². The van der Waals surface area contributed by atoms with Crippen LogP contribution < -0.4 is 10.6 Å². The molecule has 0 radical (unpaired) electrons. The van der Waals surface area contributed by atoms with Gasteiger partial charge in [-0.15, -0.1) is 0 Å². The molecule has 5 nitrogen and oxygen atoms in total. The maximum atomic E-state index is 13.9. The summed E-state index contributed by atoms with van der Waals surface area (Å²) in [7, 11) is 0. The van der Waals surface area contributed by atoms with E-state index in [2.05, 4.69) is 39.9 Å². The quantitative estimate of drug-likeness (QED) is 0.691. The second-order valence-electron chi connectivity index (χ2n) is 7.64. The Bertz CT molecular complexity index is 1060. The molecule has 2 aromatic carbocycles. The number of hydrogen-bond acceptors (Lipinski definition) is 3. The summed E-state index contributed by atoms with van der Waals surface area (Å²) in [5, 5.41) is 5.85.